The van der Waals surface area contributed by atoms with E-state index >= 15 is 0 Å². The molecule has 1 aromatic rings. The number of phenols is 4. The van der Waals surface area contributed by atoms with Gasteiger partial charge in [0, 0.05) is 5.56 Å². The molecule has 5 heteroatoms. The summed E-state index contributed by atoms with van der Waals surface area (Å²) in [5, 5.41) is 36.4. The maximum atomic E-state index is 9.21. The van der Waals surface area contributed by atoms with Crippen LogP contribution in [0.5, 0.6) is 23.0 Å². The minimum atomic E-state index is -0.642. The Hall–Kier alpha value is -1.10. The van der Waals surface area contributed by atoms with Gasteiger partial charge in [0.1, 0.15) is 10.2 Å². The summed E-state index contributed by atoms with van der Waals surface area (Å²) in [7, 11) is 0. The topological polar surface area (TPSA) is 80.9 Å². The predicted molar refractivity (Wildman–Crippen MR) is 45.5 cm³/mol. The highest BCUT2D eigenvalue weighted by atomic mass is 79.9. The van der Waals surface area contributed by atoms with Gasteiger partial charge in [-0.15, -0.1) is 0 Å². The van der Waals surface area contributed by atoms with Gasteiger partial charge in [-0.1, -0.05) is 0 Å². The summed E-state index contributed by atoms with van der Waals surface area (Å²) in [5.74, 6) is -2.02. The highest BCUT2D eigenvalue weighted by molar-refractivity contribution is 9.10. The zero-order valence-electron chi connectivity index (χ0n) is 6.17. The van der Waals surface area contributed by atoms with Crippen LogP contribution in [0.4, 0.5) is 0 Å². The number of hydrogen-bond acceptors (Lipinski definition) is 4. The van der Waals surface area contributed by atoms with Crippen molar-refractivity contribution in [2.45, 2.75) is 6.92 Å². The van der Waals surface area contributed by atoms with Crippen molar-refractivity contribution in [1.82, 2.24) is 0 Å². The average Bonchev–Trinajstić information content (AvgIpc) is 2.08. The third kappa shape index (κ3) is 1.06. The molecule has 0 saturated heterocycles. The standard InChI is InChI=1S/C7H7BrO4/c1-2-4(9)3(8)6(11)7(12)5(2)10/h9-12H,1H3. The Balaban J connectivity index is 3.60. The molecule has 0 spiro atoms. The van der Waals surface area contributed by atoms with Gasteiger partial charge in [0.25, 0.3) is 0 Å². The van der Waals surface area contributed by atoms with Gasteiger partial charge in [0.2, 0.25) is 5.75 Å². The number of halogens is 1. The summed E-state index contributed by atoms with van der Waals surface area (Å²) in [6.45, 7) is 1.41. The predicted octanol–water partition coefficient (Wildman–Crippen LogP) is 1.58. The molecule has 12 heavy (non-hydrogen) atoms. The molecular formula is C7H7BrO4. The first-order chi connectivity index (χ1) is 5.46. The Morgan fingerprint density at radius 3 is 1.83 bits per heavy atom. The van der Waals surface area contributed by atoms with Crippen molar-refractivity contribution in [2.75, 3.05) is 0 Å². The third-order valence-electron chi connectivity index (χ3n) is 1.57. The lowest BCUT2D eigenvalue weighted by Crippen LogP contribution is -1.81. The van der Waals surface area contributed by atoms with E-state index in [1.54, 1.807) is 0 Å². The summed E-state index contributed by atoms with van der Waals surface area (Å²) >= 11 is 2.84. The van der Waals surface area contributed by atoms with Gasteiger partial charge in [-0.2, -0.15) is 0 Å². The lowest BCUT2D eigenvalue weighted by molar-refractivity contribution is 0.355. The van der Waals surface area contributed by atoms with Gasteiger partial charge < -0.3 is 20.4 Å². The van der Waals surface area contributed by atoms with Crippen LogP contribution in [0, 0.1) is 6.92 Å². The number of phenolic OH excluding ortho intramolecular Hbond substituents is 4. The fraction of sp³-hybridized carbons (Fsp3) is 0.143. The molecule has 0 fully saturated rings. The Morgan fingerprint density at radius 2 is 1.33 bits per heavy atom. The summed E-state index contributed by atoms with van der Waals surface area (Å²) in [6, 6.07) is 0. The van der Waals surface area contributed by atoms with E-state index in [9.17, 15) is 5.11 Å². The third-order valence-corrected chi connectivity index (χ3v) is 2.33. The monoisotopic (exact) mass is 234 g/mol. The maximum Gasteiger partial charge on any atom is 0.202 e. The molecule has 0 saturated carbocycles. The summed E-state index contributed by atoms with van der Waals surface area (Å²) in [4.78, 5) is 0. The maximum absolute atomic E-state index is 9.21. The first kappa shape index (κ1) is 8.99. The molecule has 0 amide bonds. The number of hydrogen-bond donors (Lipinski definition) is 4. The van der Waals surface area contributed by atoms with Crippen LogP contribution < -0.4 is 0 Å². The van der Waals surface area contributed by atoms with Crippen molar-refractivity contribution in [2.24, 2.45) is 0 Å². The lowest BCUT2D eigenvalue weighted by atomic mass is 10.2. The van der Waals surface area contributed by atoms with E-state index in [-0.39, 0.29) is 15.8 Å². The van der Waals surface area contributed by atoms with Crippen LogP contribution in [0.15, 0.2) is 4.47 Å². The molecule has 0 aromatic heterocycles. The fourth-order valence-corrected chi connectivity index (χ4v) is 1.27. The zero-order valence-corrected chi connectivity index (χ0v) is 7.75. The van der Waals surface area contributed by atoms with Crippen molar-refractivity contribution in [1.29, 1.82) is 0 Å². The van der Waals surface area contributed by atoms with Gasteiger partial charge in [-0.05, 0) is 22.9 Å². The average molecular weight is 235 g/mol. The molecule has 0 aliphatic carbocycles. The van der Waals surface area contributed by atoms with Crippen LogP contribution in [-0.2, 0) is 0 Å². The van der Waals surface area contributed by atoms with Crippen molar-refractivity contribution < 1.29 is 20.4 Å². The van der Waals surface area contributed by atoms with Crippen LogP contribution >= 0.6 is 15.9 Å². The van der Waals surface area contributed by atoms with Gasteiger partial charge in [-0.25, -0.2) is 0 Å². The molecule has 0 bridgehead atoms. The minimum absolute atomic E-state index is 0.0321. The van der Waals surface area contributed by atoms with E-state index in [1.165, 1.54) is 6.92 Å². The van der Waals surface area contributed by atoms with Crippen molar-refractivity contribution in [3.05, 3.63) is 10.0 Å². The molecule has 1 aromatic carbocycles. The van der Waals surface area contributed by atoms with Crippen LogP contribution in [0.3, 0.4) is 0 Å². The summed E-state index contributed by atoms with van der Waals surface area (Å²) in [6.07, 6.45) is 0. The number of aromatic hydroxyl groups is 4. The van der Waals surface area contributed by atoms with Gasteiger partial charge in [0.05, 0.1) is 0 Å². The largest absolute Gasteiger partial charge is 0.506 e. The molecule has 0 aliphatic heterocycles. The SMILES string of the molecule is Cc1c(O)c(O)c(O)c(Br)c1O. The van der Waals surface area contributed by atoms with Crippen molar-refractivity contribution >= 4 is 15.9 Å². The molecule has 0 heterocycles. The summed E-state index contributed by atoms with van der Waals surface area (Å²) < 4.78 is -0.0321. The fourth-order valence-electron chi connectivity index (χ4n) is 0.783. The number of rotatable bonds is 0. The van der Waals surface area contributed by atoms with E-state index in [4.69, 9.17) is 15.3 Å². The molecule has 0 radical (unpaired) electrons. The van der Waals surface area contributed by atoms with E-state index in [0.29, 0.717) is 0 Å². The molecule has 0 atom stereocenters. The van der Waals surface area contributed by atoms with Crippen LogP contribution in [0.1, 0.15) is 5.56 Å². The van der Waals surface area contributed by atoms with Gasteiger partial charge in [0.15, 0.2) is 11.5 Å². The number of benzene rings is 1. The Bertz CT molecular complexity index is 230. The summed E-state index contributed by atoms with van der Waals surface area (Å²) in [5.41, 5.74) is 0.108. The van der Waals surface area contributed by atoms with Crippen LogP contribution in [-0.4, -0.2) is 20.4 Å². The van der Waals surface area contributed by atoms with Gasteiger partial charge >= 0.3 is 0 Å². The molecule has 66 valence electrons. The van der Waals surface area contributed by atoms with Crippen molar-refractivity contribution in [3.8, 4) is 23.0 Å². The minimum Gasteiger partial charge on any atom is -0.506 e. The second-order valence-electron chi connectivity index (χ2n) is 2.33. The highest BCUT2D eigenvalue weighted by Crippen LogP contribution is 2.48. The van der Waals surface area contributed by atoms with E-state index in [2.05, 4.69) is 15.9 Å². The van der Waals surface area contributed by atoms with Crippen molar-refractivity contribution in [3.63, 3.8) is 0 Å². The smallest absolute Gasteiger partial charge is 0.202 e. The Morgan fingerprint density at radius 1 is 0.833 bits per heavy atom. The second-order valence-corrected chi connectivity index (χ2v) is 3.13. The molecule has 1 rings (SSSR count). The zero-order chi connectivity index (χ0) is 9.46. The molecule has 0 unspecified atom stereocenters. The lowest BCUT2D eigenvalue weighted by Gasteiger charge is -2.08. The van der Waals surface area contributed by atoms with E-state index in [1.807, 2.05) is 0 Å². The molecular weight excluding hydrogens is 228 g/mol. The van der Waals surface area contributed by atoms with E-state index in [0.717, 1.165) is 0 Å². The Kier molecular flexibility index (Phi) is 2.06. The second kappa shape index (κ2) is 2.75. The van der Waals surface area contributed by atoms with Crippen LogP contribution in [0.2, 0.25) is 0 Å². The van der Waals surface area contributed by atoms with Gasteiger partial charge in [-0.3, -0.25) is 0 Å². The first-order valence-electron chi connectivity index (χ1n) is 3.08. The molecule has 4 nitrogen and oxygen atoms in total. The quantitative estimate of drug-likeness (QED) is 0.406. The first-order valence-corrected chi connectivity index (χ1v) is 3.88. The molecule has 4 N–H and O–H groups in total. The molecule has 0 aliphatic rings. The van der Waals surface area contributed by atoms with Crippen LogP contribution in [0.25, 0.3) is 0 Å². The highest BCUT2D eigenvalue weighted by Gasteiger charge is 2.18. The normalized spacial score (nSPS) is 10.2. The Labute approximate surface area is 76.8 Å². The van der Waals surface area contributed by atoms with E-state index < -0.39 is 17.2 Å².